The number of benzene rings is 1. The second-order valence-electron chi connectivity index (χ2n) is 6.80. The van der Waals surface area contributed by atoms with Gasteiger partial charge in [-0.05, 0) is 30.3 Å². The number of hydrogen-bond donors (Lipinski definition) is 1. The van der Waals surface area contributed by atoms with Crippen LogP contribution in [-0.2, 0) is 0 Å². The second-order valence-corrected chi connectivity index (χ2v) is 7.85. The molecule has 0 saturated heterocycles. The Balaban J connectivity index is 1.78. The van der Waals surface area contributed by atoms with E-state index in [0.717, 1.165) is 22.0 Å². The Labute approximate surface area is 182 Å². The van der Waals surface area contributed by atoms with Crippen LogP contribution >= 0.6 is 11.3 Å². The Morgan fingerprint density at radius 2 is 2.09 bits per heavy atom. The number of ether oxygens (including phenoxy) is 1. The summed E-state index contributed by atoms with van der Waals surface area (Å²) in [6.07, 6.45) is 4.57. The Kier molecular flexibility index (Phi) is 4.53. The monoisotopic (exact) mass is 445 g/mol. The molecule has 5 aromatic rings. The highest BCUT2D eigenvalue weighted by Gasteiger charge is 2.19. The van der Waals surface area contributed by atoms with Crippen molar-refractivity contribution in [3.8, 4) is 27.9 Å². The number of methoxy groups -OCH3 is 1. The van der Waals surface area contributed by atoms with Gasteiger partial charge >= 0.3 is 5.69 Å². The third-order valence-electron chi connectivity index (χ3n) is 4.98. The van der Waals surface area contributed by atoms with E-state index in [0.29, 0.717) is 26.9 Å². The quantitative estimate of drug-likeness (QED) is 0.456. The molecule has 0 saturated carbocycles. The minimum atomic E-state index is -0.666. The van der Waals surface area contributed by atoms with E-state index in [9.17, 15) is 19.2 Å². The van der Waals surface area contributed by atoms with Crippen molar-refractivity contribution in [3.05, 3.63) is 81.1 Å². The number of aromatic amines is 1. The number of nitrogens with zero attached hydrogens (tertiary/aromatic N) is 4. The molecule has 8 nitrogen and oxygen atoms in total. The molecule has 10 heteroatoms. The molecule has 0 fully saturated rings. The fraction of sp³-hybridized carbons (Fsp3) is 0.0455. The van der Waals surface area contributed by atoms with Crippen LogP contribution in [0.4, 0.5) is 4.39 Å². The van der Waals surface area contributed by atoms with Gasteiger partial charge in [0.2, 0.25) is 0 Å². The highest BCUT2D eigenvalue weighted by atomic mass is 32.1. The van der Waals surface area contributed by atoms with Crippen molar-refractivity contribution in [1.82, 2.24) is 19.5 Å². The minimum Gasteiger partial charge on any atom is -0.494 e. The first kappa shape index (κ1) is 19.6. The van der Waals surface area contributed by atoms with Gasteiger partial charge in [-0.3, -0.25) is 14.8 Å². The lowest BCUT2D eigenvalue weighted by Gasteiger charge is -2.07. The standard InChI is InChI=1S/C22H12FN5O3S/c1-31-17-6-13(12(8-24)5-14(17)23)18-7-15-20(32-18)21(29)28(22(30)27-15)16-10-25-9-11-3-2-4-26-19(11)16/h2-7,9-10H,1H3,(H,27,30). The number of H-pyrrole nitrogens is 1. The van der Waals surface area contributed by atoms with Crippen LogP contribution in [0, 0.1) is 17.1 Å². The van der Waals surface area contributed by atoms with Gasteiger partial charge < -0.3 is 9.72 Å². The topological polar surface area (TPSA) is 114 Å². The zero-order valence-corrected chi connectivity index (χ0v) is 17.2. The summed E-state index contributed by atoms with van der Waals surface area (Å²) in [6.45, 7) is 0. The van der Waals surface area contributed by atoms with E-state index in [1.807, 2.05) is 6.07 Å². The van der Waals surface area contributed by atoms with Crippen LogP contribution in [0.2, 0.25) is 0 Å². The van der Waals surface area contributed by atoms with Gasteiger partial charge in [-0.1, -0.05) is 0 Å². The molecule has 1 aromatic carbocycles. The number of fused-ring (bicyclic) bond motifs is 2. The Morgan fingerprint density at radius 1 is 1.25 bits per heavy atom. The van der Waals surface area contributed by atoms with Crippen LogP contribution in [0.25, 0.3) is 37.2 Å². The SMILES string of the molecule is COc1cc(-c2cc3[nH]c(=O)n(-c4cncc5cccnc45)c(=O)c3s2)c(C#N)cc1F. The van der Waals surface area contributed by atoms with E-state index < -0.39 is 17.1 Å². The summed E-state index contributed by atoms with van der Waals surface area (Å²) in [7, 11) is 1.32. The molecule has 0 amide bonds. The molecule has 5 rings (SSSR count). The van der Waals surface area contributed by atoms with E-state index in [-0.39, 0.29) is 21.7 Å². The Hall–Kier alpha value is -4.36. The first-order valence-corrected chi connectivity index (χ1v) is 10.1. The van der Waals surface area contributed by atoms with E-state index in [2.05, 4.69) is 15.0 Å². The van der Waals surface area contributed by atoms with Gasteiger partial charge in [-0.2, -0.15) is 5.26 Å². The molecule has 0 aliphatic carbocycles. The van der Waals surface area contributed by atoms with Gasteiger partial charge in [0.05, 0.1) is 41.7 Å². The van der Waals surface area contributed by atoms with Gasteiger partial charge in [-0.15, -0.1) is 11.3 Å². The molecule has 4 aromatic heterocycles. The van der Waals surface area contributed by atoms with Gasteiger partial charge in [-0.25, -0.2) is 13.8 Å². The lowest BCUT2D eigenvalue weighted by molar-refractivity contribution is 0.386. The normalized spacial score (nSPS) is 11.0. The number of hydrogen-bond acceptors (Lipinski definition) is 7. The zero-order valence-electron chi connectivity index (χ0n) is 16.4. The fourth-order valence-corrected chi connectivity index (χ4v) is 4.59. The smallest absolute Gasteiger partial charge is 0.333 e. The first-order chi connectivity index (χ1) is 15.5. The molecular formula is C22H12FN5O3S. The molecule has 1 N–H and O–H groups in total. The van der Waals surface area contributed by atoms with E-state index >= 15 is 0 Å². The molecule has 0 atom stereocenters. The average Bonchev–Trinajstić information content (AvgIpc) is 3.23. The second kappa shape index (κ2) is 7.40. The third-order valence-corrected chi connectivity index (χ3v) is 6.14. The molecule has 0 bridgehead atoms. The summed E-state index contributed by atoms with van der Waals surface area (Å²) in [4.78, 5) is 37.8. The number of thiophene rings is 1. The highest BCUT2D eigenvalue weighted by Crippen LogP contribution is 2.36. The van der Waals surface area contributed by atoms with Gasteiger partial charge in [0.25, 0.3) is 5.56 Å². The summed E-state index contributed by atoms with van der Waals surface area (Å²) >= 11 is 1.08. The third kappa shape index (κ3) is 2.95. The summed E-state index contributed by atoms with van der Waals surface area (Å²) < 4.78 is 20.3. The molecule has 0 radical (unpaired) electrons. The molecular weight excluding hydrogens is 433 g/mol. The Morgan fingerprint density at radius 3 is 2.88 bits per heavy atom. The number of rotatable bonds is 3. The van der Waals surface area contributed by atoms with Crippen molar-refractivity contribution in [2.24, 2.45) is 0 Å². The van der Waals surface area contributed by atoms with Crippen molar-refractivity contribution in [3.63, 3.8) is 0 Å². The fourth-order valence-electron chi connectivity index (χ4n) is 3.51. The van der Waals surface area contributed by atoms with Crippen molar-refractivity contribution in [2.75, 3.05) is 7.11 Å². The van der Waals surface area contributed by atoms with Crippen LogP contribution in [0.15, 0.2) is 58.5 Å². The van der Waals surface area contributed by atoms with Crippen molar-refractivity contribution in [1.29, 1.82) is 5.26 Å². The first-order valence-electron chi connectivity index (χ1n) is 9.28. The van der Waals surface area contributed by atoms with E-state index in [4.69, 9.17) is 4.74 Å². The average molecular weight is 445 g/mol. The van der Waals surface area contributed by atoms with E-state index in [1.165, 1.54) is 19.4 Å². The lowest BCUT2D eigenvalue weighted by Crippen LogP contribution is -2.33. The van der Waals surface area contributed by atoms with Crippen molar-refractivity contribution < 1.29 is 9.13 Å². The van der Waals surface area contributed by atoms with Gasteiger partial charge in [0, 0.05) is 28.2 Å². The van der Waals surface area contributed by atoms with E-state index in [1.54, 1.807) is 30.6 Å². The molecule has 0 spiro atoms. The van der Waals surface area contributed by atoms with Gasteiger partial charge in [0.1, 0.15) is 4.70 Å². The van der Waals surface area contributed by atoms with Crippen LogP contribution in [0.3, 0.4) is 0 Å². The predicted molar refractivity (Wildman–Crippen MR) is 118 cm³/mol. The number of aromatic nitrogens is 4. The highest BCUT2D eigenvalue weighted by molar-refractivity contribution is 7.22. The number of halogens is 1. The maximum atomic E-state index is 14.0. The lowest BCUT2D eigenvalue weighted by atomic mass is 10.1. The van der Waals surface area contributed by atoms with Crippen LogP contribution in [-0.4, -0.2) is 26.6 Å². The summed E-state index contributed by atoms with van der Waals surface area (Å²) in [5.74, 6) is -0.698. The van der Waals surface area contributed by atoms with Crippen molar-refractivity contribution >= 4 is 32.5 Å². The Bertz CT molecular complexity index is 1690. The molecule has 0 aliphatic heterocycles. The van der Waals surface area contributed by atoms with Crippen LogP contribution < -0.4 is 16.0 Å². The molecule has 0 aliphatic rings. The number of nitriles is 1. The predicted octanol–water partition coefficient (Wildman–Crippen LogP) is 3.37. The number of nitrogens with one attached hydrogen (secondary N) is 1. The summed E-state index contributed by atoms with van der Waals surface area (Å²) in [6, 6.07) is 9.53. The summed E-state index contributed by atoms with van der Waals surface area (Å²) in [5, 5.41) is 10.1. The largest absolute Gasteiger partial charge is 0.494 e. The molecule has 4 heterocycles. The maximum absolute atomic E-state index is 14.0. The molecule has 0 unspecified atom stereocenters. The van der Waals surface area contributed by atoms with Crippen LogP contribution in [0.1, 0.15) is 5.56 Å². The molecule has 32 heavy (non-hydrogen) atoms. The maximum Gasteiger partial charge on any atom is 0.333 e. The molecule has 156 valence electrons. The van der Waals surface area contributed by atoms with Crippen LogP contribution in [0.5, 0.6) is 5.75 Å². The minimum absolute atomic E-state index is 0.0322. The van der Waals surface area contributed by atoms with Gasteiger partial charge in [0.15, 0.2) is 11.6 Å². The number of pyridine rings is 2. The van der Waals surface area contributed by atoms with Crippen molar-refractivity contribution in [2.45, 2.75) is 0 Å². The zero-order chi connectivity index (χ0) is 22.4. The summed E-state index contributed by atoms with van der Waals surface area (Å²) in [5.41, 5.74) is 0.307.